The Kier molecular flexibility index (Phi) is 4.49. The number of anilines is 1. The van der Waals surface area contributed by atoms with Gasteiger partial charge in [0, 0.05) is 13.6 Å². The molecule has 18 heavy (non-hydrogen) atoms. The molecule has 98 valence electrons. The van der Waals surface area contributed by atoms with Gasteiger partial charge < -0.3 is 10.0 Å². The second kappa shape index (κ2) is 5.68. The molecule has 0 aliphatic heterocycles. The van der Waals surface area contributed by atoms with E-state index in [1.165, 1.54) is 17.9 Å². The molecule has 0 aliphatic rings. The molecule has 1 N–H and O–H groups in total. The normalized spacial score (nSPS) is 11.9. The van der Waals surface area contributed by atoms with Crippen molar-refractivity contribution in [2.45, 2.75) is 6.92 Å². The lowest BCUT2D eigenvalue weighted by molar-refractivity contribution is -0.384. The molecule has 7 heteroatoms. The highest BCUT2D eigenvalue weighted by Gasteiger charge is 2.23. The highest BCUT2D eigenvalue weighted by molar-refractivity contribution is 6.33. The summed E-state index contributed by atoms with van der Waals surface area (Å²) in [6.45, 7) is 1.70. The van der Waals surface area contributed by atoms with Gasteiger partial charge in [-0.15, -0.1) is 0 Å². The summed E-state index contributed by atoms with van der Waals surface area (Å²) in [4.78, 5) is 22.7. The summed E-state index contributed by atoms with van der Waals surface area (Å²) in [7, 11) is 1.60. The summed E-state index contributed by atoms with van der Waals surface area (Å²) in [5, 5.41) is 19.8. The van der Waals surface area contributed by atoms with E-state index in [2.05, 4.69) is 0 Å². The summed E-state index contributed by atoms with van der Waals surface area (Å²) in [6.07, 6.45) is 0. The Morgan fingerprint density at radius 2 is 2.22 bits per heavy atom. The standard InChI is InChI=1S/C11H13ClN2O4/c1-7(11(15)16)6-13(2)9-5-3-4-8(12)10(9)14(17)18/h3-5,7H,6H2,1-2H3,(H,15,16). The highest BCUT2D eigenvalue weighted by atomic mass is 35.5. The van der Waals surface area contributed by atoms with Crippen molar-refractivity contribution >= 4 is 28.9 Å². The van der Waals surface area contributed by atoms with Gasteiger partial charge in [0.25, 0.3) is 0 Å². The third-order valence-corrected chi connectivity index (χ3v) is 2.83. The van der Waals surface area contributed by atoms with Gasteiger partial charge >= 0.3 is 11.7 Å². The summed E-state index contributed by atoms with van der Waals surface area (Å²) >= 11 is 5.78. The first kappa shape index (κ1) is 14.2. The molecule has 0 aliphatic carbocycles. The van der Waals surface area contributed by atoms with Crippen LogP contribution in [0, 0.1) is 16.0 Å². The van der Waals surface area contributed by atoms with E-state index < -0.39 is 16.8 Å². The predicted octanol–water partition coefficient (Wildman–Crippen LogP) is 2.41. The number of carbonyl (C=O) groups is 1. The predicted molar refractivity (Wildman–Crippen MR) is 68.2 cm³/mol. The fourth-order valence-electron chi connectivity index (χ4n) is 1.58. The Morgan fingerprint density at radius 1 is 1.61 bits per heavy atom. The van der Waals surface area contributed by atoms with Gasteiger partial charge in [-0.2, -0.15) is 0 Å². The first-order valence-electron chi connectivity index (χ1n) is 5.21. The summed E-state index contributed by atoms with van der Waals surface area (Å²) in [5.41, 5.74) is 0.0971. The number of hydrogen-bond acceptors (Lipinski definition) is 4. The molecule has 0 amide bonds. The lowest BCUT2D eigenvalue weighted by Gasteiger charge is -2.21. The van der Waals surface area contributed by atoms with Crippen LogP contribution in [-0.2, 0) is 4.79 Å². The van der Waals surface area contributed by atoms with E-state index in [1.54, 1.807) is 19.2 Å². The maximum Gasteiger partial charge on any atom is 0.310 e. The number of rotatable bonds is 5. The maximum absolute atomic E-state index is 10.9. The summed E-state index contributed by atoms with van der Waals surface area (Å²) in [6, 6.07) is 4.56. The molecule has 0 fully saturated rings. The van der Waals surface area contributed by atoms with E-state index >= 15 is 0 Å². The van der Waals surface area contributed by atoms with Gasteiger partial charge in [-0.05, 0) is 12.1 Å². The zero-order valence-corrected chi connectivity index (χ0v) is 10.7. The number of aliphatic carboxylic acids is 1. The largest absolute Gasteiger partial charge is 0.481 e. The minimum Gasteiger partial charge on any atom is -0.481 e. The van der Waals surface area contributed by atoms with Crippen LogP contribution in [0.25, 0.3) is 0 Å². The molecule has 0 bridgehead atoms. The topological polar surface area (TPSA) is 83.7 Å². The van der Waals surface area contributed by atoms with E-state index in [4.69, 9.17) is 16.7 Å². The minimum atomic E-state index is -0.952. The molecule has 0 saturated carbocycles. The van der Waals surface area contributed by atoms with E-state index in [1.807, 2.05) is 0 Å². The van der Waals surface area contributed by atoms with Crippen LogP contribution in [0.4, 0.5) is 11.4 Å². The molecule has 1 aromatic carbocycles. The van der Waals surface area contributed by atoms with Crippen LogP contribution >= 0.6 is 11.6 Å². The average molecular weight is 273 g/mol. The lowest BCUT2D eigenvalue weighted by Crippen LogP contribution is -2.28. The monoisotopic (exact) mass is 272 g/mol. The average Bonchev–Trinajstić information content (AvgIpc) is 2.27. The van der Waals surface area contributed by atoms with Crippen molar-refractivity contribution in [3.8, 4) is 0 Å². The zero-order valence-electron chi connectivity index (χ0n) is 9.96. The van der Waals surface area contributed by atoms with Crippen LogP contribution in [0.2, 0.25) is 5.02 Å². The zero-order chi connectivity index (χ0) is 13.9. The molecular weight excluding hydrogens is 260 g/mol. The molecular formula is C11H13ClN2O4. The molecule has 0 aromatic heterocycles. The van der Waals surface area contributed by atoms with Crippen LogP contribution in [0.3, 0.4) is 0 Å². The van der Waals surface area contributed by atoms with Crippen LogP contribution in [0.15, 0.2) is 18.2 Å². The van der Waals surface area contributed by atoms with Crippen molar-refractivity contribution < 1.29 is 14.8 Å². The summed E-state index contributed by atoms with van der Waals surface area (Å²) < 4.78 is 0. The third kappa shape index (κ3) is 3.10. The van der Waals surface area contributed by atoms with Crippen LogP contribution in [0.5, 0.6) is 0 Å². The maximum atomic E-state index is 10.9. The van der Waals surface area contributed by atoms with Crippen molar-refractivity contribution in [2.75, 3.05) is 18.5 Å². The number of para-hydroxylation sites is 1. The second-order valence-corrected chi connectivity index (χ2v) is 4.39. The molecule has 1 rings (SSSR count). The number of nitro benzene ring substituents is 1. The number of carboxylic acids is 1. The Labute approximate surface area is 109 Å². The Morgan fingerprint density at radius 3 is 2.72 bits per heavy atom. The highest BCUT2D eigenvalue weighted by Crippen LogP contribution is 2.34. The van der Waals surface area contributed by atoms with Gasteiger partial charge in [0.2, 0.25) is 0 Å². The Hall–Kier alpha value is -1.82. The van der Waals surface area contributed by atoms with Crippen molar-refractivity contribution in [3.05, 3.63) is 33.3 Å². The fourth-order valence-corrected chi connectivity index (χ4v) is 1.82. The SMILES string of the molecule is CC(CN(C)c1cccc(Cl)c1[N+](=O)[O-])C(=O)O. The molecule has 0 spiro atoms. The molecule has 0 saturated heterocycles. The van der Waals surface area contributed by atoms with Crippen molar-refractivity contribution in [2.24, 2.45) is 5.92 Å². The number of hydrogen-bond donors (Lipinski definition) is 1. The first-order chi connectivity index (χ1) is 8.34. The van der Waals surface area contributed by atoms with Crippen LogP contribution in [-0.4, -0.2) is 29.6 Å². The first-order valence-corrected chi connectivity index (χ1v) is 5.59. The number of nitrogens with zero attached hydrogens (tertiary/aromatic N) is 2. The molecule has 1 aromatic rings. The van der Waals surface area contributed by atoms with Gasteiger partial charge in [0.1, 0.15) is 10.7 Å². The molecule has 1 unspecified atom stereocenters. The quantitative estimate of drug-likeness (QED) is 0.657. The lowest BCUT2D eigenvalue weighted by atomic mass is 10.1. The van der Waals surface area contributed by atoms with Gasteiger partial charge in [0.05, 0.1) is 10.8 Å². The fraction of sp³-hybridized carbons (Fsp3) is 0.364. The number of nitro groups is 1. The van der Waals surface area contributed by atoms with Crippen LogP contribution in [0.1, 0.15) is 6.92 Å². The molecule has 0 radical (unpaired) electrons. The van der Waals surface area contributed by atoms with E-state index in [0.29, 0.717) is 5.69 Å². The molecule has 6 nitrogen and oxygen atoms in total. The third-order valence-electron chi connectivity index (χ3n) is 2.53. The number of benzene rings is 1. The minimum absolute atomic E-state index is 0.0346. The molecule has 1 atom stereocenters. The van der Waals surface area contributed by atoms with Crippen molar-refractivity contribution in [3.63, 3.8) is 0 Å². The number of halogens is 1. The second-order valence-electron chi connectivity index (χ2n) is 3.98. The van der Waals surface area contributed by atoms with Crippen molar-refractivity contribution in [1.29, 1.82) is 0 Å². The van der Waals surface area contributed by atoms with Gasteiger partial charge in [0.15, 0.2) is 0 Å². The van der Waals surface area contributed by atoms with E-state index in [0.717, 1.165) is 0 Å². The van der Waals surface area contributed by atoms with Crippen molar-refractivity contribution in [1.82, 2.24) is 0 Å². The molecule has 0 heterocycles. The Balaban J connectivity index is 3.06. The van der Waals surface area contributed by atoms with Gasteiger partial charge in [-0.3, -0.25) is 14.9 Å². The van der Waals surface area contributed by atoms with Gasteiger partial charge in [-0.1, -0.05) is 24.6 Å². The number of carboxylic acid groups (broad SMARTS) is 1. The smallest absolute Gasteiger partial charge is 0.310 e. The van der Waals surface area contributed by atoms with E-state index in [-0.39, 0.29) is 17.3 Å². The Bertz CT molecular complexity index is 478. The van der Waals surface area contributed by atoms with Crippen LogP contribution < -0.4 is 4.90 Å². The van der Waals surface area contributed by atoms with Gasteiger partial charge in [-0.25, -0.2) is 0 Å². The van der Waals surface area contributed by atoms with E-state index in [9.17, 15) is 14.9 Å². The summed E-state index contributed by atoms with van der Waals surface area (Å²) in [5.74, 6) is -1.58.